The van der Waals surface area contributed by atoms with Gasteiger partial charge in [-0.05, 0) is 24.0 Å². The van der Waals surface area contributed by atoms with Gasteiger partial charge in [0, 0.05) is 6.61 Å². The fourth-order valence-electron chi connectivity index (χ4n) is 1.90. The molecule has 3 nitrogen and oxygen atoms in total. The standard InChI is InChI=1S/C15H22O3/c1-4-7-12(2)10-18-11-13-8-5-6-9-14(13)15(16)17-3/h5-6,8-9,12H,4,7,10-11H2,1-3H3. The second-order valence-corrected chi connectivity index (χ2v) is 4.56. The van der Waals surface area contributed by atoms with Crippen LogP contribution in [0.5, 0.6) is 0 Å². The van der Waals surface area contributed by atoms with Crippen LogP contribution >= 0.6 is 0 Å². The summed E-state index contributed by atoms with van der Waals surface area (Å²) in [4.78, 5) is 11.6. The lowest BCUT2D eigenvalue weighted by Crippen LogP contribution is -2.09. The molecule has 0 aromatic heterocycles. The number of methoxy groups -OCH3 is 1. The first-order chi connectivity index (χ1) is 8.69. The molecule has 0 radical (unpaired) electrons. The Bertz CT molecular complexity index is 374. The molecular weight excluding hydrogens is 228 g/mol. The highest BCUT2D eigenvalue weighted by molar-refractivity contribution is 5.90. The second kappa shape index (κ2) is 7.88. The lowest BCUT2D eigenvalue weighted by Gasteiger charge is -2.12. The van der Waals surface area contributed by atoms with Crippen molar-refractivity contribution in [3.8, 4) is 0 Å². The average molecular weight is 250 g/mol. The highest BCUT2D eigenvalue weighted by Gasteiger charge is 2.11. The molecule has 1 atom stereocenters. The molecule has 1 rings (SSSR count). The largest absolute Gasteiger partial charge is 0.465 e. The minimum atomic E-state index is -0.309. The van der Waals surface area contributed by atoms with Crippen LogP contribution in [0, 0.1) is 5.92 Å². The van der Waals surface area contributed by atoms with Crippen LogP contribution in [0.2, 0.25) is 0 Å². The van der Waals surface area contributed by atoms with Crippen LogP contribution in [0.4, 0.5) is 0 Å². The van der Waals surface area contributed by atoms with Gasteiger partial charge in [-0.25, -0.2) is 4.79 Å². The molecule has 0 bridgehead atoms. The predicted octanol–water partition coefficient (Wildman–Crippen LogP) is 3.43. The number of carbonyl (C=O) groups is 1. The Morgan fingerprint density at radius 3 is 2.72 bits per heavy atom. The summed E-state index contributed by atoms with van der Waals surface area (Å²) in [6, 6.07) is 7.40. The van der Waals surface area contributed by atoms with Crippen LogP contribution in [0.15, 0.2) is 24.3 Å². The molecule has 1 aromatic carbocycles. The fraction of sp³-hybridized carbons (Fsp3) is 0.533. The maximum atomic E-state index is 11.6. The Hall–Kier alpha value is -1.35. The molecule has 0 N–H and O–H groups in total. The van der Waals surface area contributed by atoms with Gasteiger partial charge in [-0.2, -0.15) is 0 Å². The van der Waals surface area contributed by atoms with Crippen molar-refractivity contribution in [2.75, 3.05) is 13.7 Å². The Morgan fingerprint density at radius 1 is 1.33 bits per heavy atom. The van der Waals surface area contributed by atoms with Crippen LogP contribution in [0.1, 0.15) is 42.6 Å². The van der Waals surface area contributed by atoms with Crippen molar-refractivity contribution >= 4 is 5.97 Å². The van der Waals surface area contributed by atoms with Gasteiger partial charge in [0.05, 0.1) is 19.3 Å². The SMILES string of the molecule is CCCC(C)COCc1ccccc1C(=O)OC. The first kappa shape index (κ1) is 14.7. The van der Waals surface area contributed by atoms with Gasteiger partial charge in [-0.1, -0.05) is 38.5 Å². The smallest absolute Gasteiger partial charge is 0.338 e. The maximum absolute atomic E-state index is 11.6. The van der Waals surface area contributed by atoms with E-state index in [1.54, 1.807) is 6.07 Å². The van der Waals surface area contributed by atoms with E-state index >= 15 is 0 Å². The monoisotopic (exact) mass is 250 g/mol. The summed E-state index contributed by atoms with van der Waals surface area (Å²) in [5.74, 6) is 0.246. The third-order valence-electron chi connectivity index (χ3n) is 2.86. The first-order valence-electron chi connectivity index (χ1n) is 6.43. The van der Waals surface area contributed by atoms with E-state index in [1.165, 1.54) is 20.0 Å². The molecule has 0 aliphatic rings. The third kappa shape index (κ3) is 4.49. The van der Waals surface area contributed by atoms with Crippen molar-refractivity contribution in [2.45, 2.75) is 33.3 Å². The number of ether oxygens (including phenoxy) is 2. The minimum Gasteiger partial charge on any atom is -0.465 e. The van der Waals surface area contributed by atoms with E-state index in [-0.39, 0.29) is 5.97 Å². The van der Waals surface area contributed by atoms with E-state index in [2.05, 4.69) is 13.8 Å². The average Bonchev–Trinajstić information content (AvgIpc) is 2.39. The predicted molar refractivity (Wildman–Crippen MR) is 71.5 cm³/mol. The third-order valence-corrected chi connectivity index (χ3v) is 2.86. The normalized spacial score (nSPS) is 12.2. The number of hydrogen-bond acceptors (Lipinski definition) is 3. The van der Waals surface area contributed by atoms with Crippen molar-refractivity contribution in [3.63, 3.8) is 0 Å². The summed E-state index contributed by atoms with van der Waals surface area (Å²) in [6.45, 7) is 5.53. The van der Waals surface area contributed by atoms with Crippen molar-refractivity contribution in [1.82, 2.24) is 0 Å². The number of esters is 1. The van der Waals surface area contributed by atoms with Crippen LogP contribution in [-0.4, -0.2) is 19.7 Å². The molecule has 3 heteroatoms. The van der Waals surface area contributed by atoms with E-state index < -0.39 is 0 Å². The summed E-state index contributed by atoms with van der Waals surface area (Å²) in [7, 11) is 1.39. The number of benzene rings is 1. The zero-order valence-electron chi connectivity index (χ0n) is 11.4. The van der Waals surface area contributed by atoms with Gasteiger partial charge in [-0.15, -0.1) is 0 Å². The van der Waals surface area contributed by atoms with Crippen molar-refractivity contribution in [2.24, 2.45) is 5.92 Å². The Kier molecular flexibility index (Phi) is 6.44. The quantitative estimate of drug-likeness (QED) is 0.695. The van der Waals surface area contributed by atoms with Gasteiger partial charge in [-0.3, -0.25) is 0 Å². The number of hydrogen-bond donors (Lipinski definition) is 0. The molecule has 0 saturated carbocycles. The Balaban J connectivity index is 2.54. The van der Waals surface area contributed by atoms with Gasteiger partial charge in [0.2, 0.25) is 0 Å². The molecular formula is C15H22O3. The van der Waals surface area contributed by atoms with Gasteiger partial charge in [0.1, 0.15) is 0 Å². The highest BCUT2D eigenvalue weighted by Crippen LogP contribution is 2.13. The topological polar surface area (TPSA) is 35.5 Å². The molecule has 0 saturated heterocycles. The van der Waals surface area contributed by atoms with E-state index in [4.69, 9.17) is 9.47 Å². The molecule has 0 aliphatic heterocycles. The van der Waals surface area contributed by atoms with E-state index in [0.717, 1.165) is 12.2 Å². The van der Waals surface area contributed by atoms with Gasteiger partial charge >= 0.3 is 5.97 Å². The fourth-order valence-corrected chi connectivity index (χ4v) is 1.90. The van der Waals surface area contributed by atoms with Gasteiger partial charge in [0.15, 0.2) is 0 Å². The van der Waals surface area contributed by atoms with Crippen molar-refractivity contribution in [3.05, 3.63) is 35.4 Å². The zero-order valence-corrected chi connectivity index (χ0v) is 11.4. The molecule has 0 heterocycles. The molecule has 100 valence electrons. The molecule has 0 aliphatic carbocycles. The molecule has 0 fully saturated rings. The Morgan fingerprint density at radius 2 is 2.06 bits per heavy atom. The summed E-state index contributed by atoms with van der Waals surface area (Å²) in [6.07, 6.45) is 2.34. The maximum Gasteiger partial charge on any atom is 0.338 e. The number of rotatable bonds is 7. The van der Waals surface area contributed by atoms with E-state index in [9.17, 15) is 4.79 Å². The van der Waals surface area contributed by atoms with Gasteiger partial charge < -0.3 is 9.47 Å². The summed E-state index contributed by atoms with van der Waals surface area (Å²) in [5.41, 5.74) is 1.47. The molecule has 18 heavy (non-hydrogen) atoms. The molecule has 0 spiro atoms. The van der Waals surface area contributed by atoms with E-state index in [1.807, 2.05) is 18.2 Å². The summed E-state index contributed by atoms with van der Waals surface area (Å²) in [5, 5.41) is 0. The van der Waals surface area contributed by atoms with Crippen LogP contribution in [0.25, 0.3) is 0 Å². The summed E-state index contributed by atoms with van der Waals surface area (Å²) >= 11 is 0. The Labute approximate surface area is 109 Å². The zero-order chi connectivity index (χ0) is 13.4. The van der Waals surface area contributed by atoms with Crippen molar-refractivity contribution < 1.29 is 14.3 Å². The van der Waals surface area contributed by atoms with Crippen LogP contribution < -0.4 is 0 Å². The molecule has 1 unspecified atom stereocenters. The lowest BCUT2D eigenvalue weighted by atomic mass is 10.1. The second-order valence-electron chi connectivity index (χ2n) is 4.56. The molecule has 0 amide bonds. The van der Waals surface area contributed by atoms with Crippen LogP contribution in [0.3, 0.4) is 0 Å². The van der Waals surface area contributed by atoms with Gasteiger partial charge in [0.25, 0.3) is 0 Å². The van der Waals surface area contributed by atoms with Crippen LogP contribution in [-0.2, 0) is 16.1 Å². The highest BCUT2D eigenvalue weighted by atomic mass is 16.5. The minimum absolute atomic E-state index is 0.309. The first-order valence-corrected chi connectivity index (χ1v) is 6.43. The molecule has 1 aromatic rings. The van der Waals surface area contributed by atoms with Crippen molar-refractivity contribution in [1.29, 1.82) is 0 Å². The number of carbonyl (C=O) groups excluding carboxylic acids is 1. The van der Waals surface area contributed by atoms with E-state index in [0.29, 0.717) is 18.1 Å². The lowest BCUT2D eigenvalue weighted by molar-refractivity contribution is 0.0586. The summed E-state index contributed by atoms with van der Waals surface area (Å²) < 4.78 is 10.4.